The Morgan fingerprint density at radius 3 is 2.16 bits per heavy atom. The van der Waals surface area contributed by atoms with Crippen molar-refractivity contribution < 1.29 is 9.59 Å². The molecule has 1 aromatic carbocycles. The normalized spacial score (nSPS) is 13.2. The number of nitrogens with one attached hydrogen (secondary N) is 1. The fourth-order valence-corrected chi connectivity index (χ4v) is 3.53. The molecule has 4 aromatic rings. The van der Waals surface area contributed by atoms with Crippen LogP contribution in [0.2, 0.25) is 0 Å². The SMILES string of the molecule is CC=O.CN1CCN(C)CC1.CNc1cc(C#Cc2cnc3ccc(-c4ccc(C=O)cc4)nn23)ccn1. The number of pyridine rings is 1. The summed E-state index contributed by atoms with van der Waals surface area (Å²) in [5.74, 6) is 7.00. The second-order valence-electron chi connectivity index (χ2n) is 8.64. The molecule has 1 aliphatic rings. The van der Waals surface area contributed by atoms with E-state index in [1.165, 1.54) is 33.1 Å². The smallest absolute Gasteiger partial charge is 0.154 e. The van der Waals surface area contributed by atoms with Crippen LogP contribution >= 0.6 is 0 Å². The second kappa shape index (κ2) is 14.4. The molecule has 9 nitrogen and oxygen atoms in total. The Bertz CT molecular complexity index is 1390. The van der Waals surface area contributed by atoms with Gasteiger partial charge in [0, 0.05) is 56.1 Å². The van der Waals surface area contributed by atoms with Crippen molar-refractivity contribution in [2.24, 2.45) is 0 Å². The molecule has 9 heteroatoms. The third kappa shape index (κ3) is 8.06. The number of fused-ring (bicyclic) bond motifs is 1. The van der Waals surface area contributed by atoms with Gasteiger partial charge in [-0.25, -0.2) is 14.5 Å². The van der Waals surface area contributed by atoms with Gasteiger partial charge in [-0.15, -0.1) is 0 Å². The molecule has 0 bridgehead atoms. The van der Waals surface area contributed by atoms with Gasteiger partial charge in [0.05, 0.1) is 11.9 Å². The molecule has 0 radical (unpaired) electrons. The fourth-order valence-electron chi connectivity index (χ4n) is 3.53. The Morgan fingerprint density at radius 2 is 1.55 bits per heavy atom. The zero-order chi connectivity index (χ0) is 27.3. The second-order valence-corrected chi connectivity index (χ2v) is 8.64. The van der Waals surface area contributed by atoms with Gasteiger partial charge in [-0.3, -0.25) is 4.79 Å². The Hall–Kier alpha value is -4.39. The van der Waals surface area contributed by atoms with Gasteiger partial charge < -0.3 is 19.9 Å². The van der Waals surface area contributed by atoms with Crippen LogP contribution in [0.25, 0.3) is 16.9 Å². The number of nitrogens with zero attached hydrogens (tertiary/aromatic N) is 6. The Labute approximate surface area is 223 Å². The molecule has 0 saturated carbocycles. The summed E-state index contributed by atoms with van der Waals surface area (Å²) in [6, 6.07) is 14.8. The predicted molar refractivity (Wildman–Crippen MR) is 150 cm³/mol. The molecule has 1 N–H and O–H groups in total. The van der Waals surface area contributed by atoms with Gasteiger partial charge in [0.1, 0.15) is 24.1 Å². The van der Waals surface area contributed by atoms with Crippen molar-refractivity contribution in [2.45, 2.75) is 6.92 Å². The highest BCUT2D eigenvalue weighted by molar-refractivity contribution is 5.76. The van der Waals surface area contributed by atoms with E-state index in [4.69, 9.17) is 4.79 Å². The zero-order valence-corrected chi connectivity index (χ0v) is 22.3. The topological polar surface area (TPSA) is 95.7 Å². The Morgan fingerprint density at radius 1 is 0.895 bits per heavy atom. The van der Waals surface area contributed by atoms with Crippen LogP contribution in [0, 0.1) is 11.8 Å². The van der Waals surface area contributed by atoms with Crippen LogP contribution in [0.15, 0.2) is 60.9 Å². The molecule has 0 amide bonds. The first-order valence-electron chi connectivity index (χ1n) is 12.3. The summed E-state index contributed by atoms with van der Waals surface area (Å²) in [5.41, 5.74) is 4.60. The van der Waals surface area contributed by atoms with Crippen LogP contribution in [-0.2, 0) is 4.79 Å². The molecule has 3 aromatic heterocycles. The van der Waals surface area contributed by atoms with Crippen molar-refractivity contribution in [3.8, 4) is 23.1 Å². The zero-order valence-electron chi connectivity index (χ0n) is 22.3. The first-order chi connectivity index (χ1) is 18.5. The molecule has 1 fully saturated rings. The van der Waals surface area contributed by atoms with Crippen LogP contribution in [0.4, 0.5) is 5.82 Å². The number of likely N-dealkylation sites (N-methyl/N-ethyl adjacent to an activating group) is 2. The van der Waals surface area contributed by atoms with Crippen molar-refractivity contribution >= 4 is 24.0 Å². The van der Waals surface area contributed by atoms with Gasteiger partial charge in [-0.2, -0.15) is 5.10 Å². The average molecular weight is 512 g/mol. The van der Waals surface area contributed by atoms with E-state index in [1.807, 2.05) is 43.4 Å². The van der Waals surface area contributed by atoms with E-state index in [9.17, 15) is 4.79 Å². The van der Waals surface area contributed by atoms with E-state index < -0.39 is 0 Å². The molecular weight excluding hydrogens is 478 g/mol. The van der Waals surface area contributed by atoms with Gasteiger partial charge in [0.25, 0.3) is 0 Å². The molecule has 38 heavy (non-hydrogen) atoms. The van der Waals surface area contributed by atoms with E-state index >= 15 is 0 Å². The van der Waals surface area contributed by atoms with Crippen molar-refractivity contribution in [2.75, 3.05) is 52.6 Å². The van der Waals surface area contributed by atoms with Gasteiger partial charge in [0.15, 0.2) is 5.65 Å². The highest BCUT2D eigenvalue weighted by atomic mass is 16.1. The number of anilines is 1. The largest absolute Gasteiger partial charge is 0.373 e. The number of rotatable bonds is 3. The first-order valence-corrected chi connectivity index (χ1v) is 12.3. The lowest BCUT2D eigenvalue weighted by molar-refractivity contribution is -0.106. The quantitative estimate of drug-likeness (QED) is 0.331. The maximum Gasteiger partial charge on any atom is 0.154 e. The van der Waals surface area contributed by atoms with Crippen LogP contribution in [0.1, 0.15) is 28.5 Å². The van der Waals surface area contributed by atoms with Gasteiger partial charge in [-0.1, -0.05) is 30.2 Å². The molecule has 0 unspecified atom stereocenters. The van der Waals surface area contributed by atoms with Gasteiger partial charge in [0.2, 0.25) is 0 Å². The molecule has 1 aliphatic heterocycles. The lowest BCUT2D eigenvalue weighted by atomic mass is 10.1. The van der Waals surface area contributed by atoms with Crippen molar-refractivity contribution in [1.82, 2.24) is 29.4 Å². The minimum atomic E-state index is 0.632. The molecule has 5 rings (SSSR count). The Balaban J connectivity index is 0.000000305. The van der Waals surface area contributed by atoms with Crippen LogP contribution < -0.4 is 5.32 Å². The van der Waals surface area contributed by atoms with E-state index in [0.717, 1.165) is 40.9 Å². The molecule has 0 atom stereocenters. The molecular formula is C29H33N7O2. The van der Waals surface area contributed by atoms with Gasteiger partial charge in [-0.05, 0) is 51.2 Å². The number of imidazole rings is 1. The summed E-state index contributed by atoms with van der Waals surface area (Å²) >= 11 is 0. The van der Waals surface area contributed by atoms with E-state index in [1.54, 1.807) is 29.0 Å². The summed E-state index contributed by atoms with van der Waals surface area (Å²) in [6.07, 6.45) is 4.99. The molecule has 1 saturated heterocycles. The summed E-state index contributed by atoms with van der Waals surface area (Å²) in [5, 5.41) is 7.64. The minimum absolute atomic E-state index is 0.632. The maximum absolute atomic E-state index is 10.8. The number of hydrogen-bond acceptors (Lipinski definition) is 8. The van der Waals surface area contributed by atoms with E-state index in [-0.39, 0.29) is 0 Å². The van der Waals surface area contributed by atoms with Crippen LogP contribution in [-0.4, -0.2) is 89.3 Å². The van der Waals surface area contributed by atoms with Crippen molar-refractivity contribution in [1.29, 1.82) is 0 Å². The average Bonchev–Trinajstić information content (AvgIpc) is 3.36. The summed E-state index contributed by atoms with van der Waals surface area (Å²) in [6.45, 7) is 6.38. The minimum Gasteiger partial charge on any atom is -0.373 e. The van der Waals surface area contributed by atoms with Gasteiger partial charge >= 0.3 is 0 Å². The third-order valence-electron chi connectivity index (χ3n) is 5.78. The highest BCUT2D eigenvalue weighted by Crippen LogP contribution is 2.18. The monoisotopic (exact) mass is 511 g/mol. The fraction of sp³-hybridized carbons (Fsp3) is 0.276. The van der Waals surface area contributed by atoms with Crippen molar-refractivity contribution in [3.05, 3.63) is 77.7 Å². The van der Waals surface area contributed by atoms with Crippen LogP contribution in [0.5, 0.6) is 0 Å². The summed E-state index contributed by atoms with van der Waals surface area (Å²) in [7, 11) is 6.16. The van der Waals surface area contributed by atoms with E-state index in [2.05, 4.69) is 56.1 Å². The lowest BCUT2D eigenvalue weighted by Gasteiger charge is -2.28. The predicted octanol–water partition coefficient (Wildman–Crippen LogP) is 3.11. The Kier molecular flexibility index (Phi) is 10.7. The summed E-state index contributed by atoms with van der Waals surface area (Å²) in [4.78, 5) is 32.9. The number of aromatic nitrogens is 4. The number of hydrogen-bond donors (Lipinski definition) is 1. The number of aldehydes is 2. The third-order valence-corrected chi connectivity index (χ3v) is 5.78. The summed E-state index contributed by atoms with van der Waals surface area (Å²) < 4.78 is 1.72. The maximum atomic E-state index is 10.8. The molecule has 4 heterocycles. The molecule has 0 spiro atoms. The lowest BCUT2D eigenvalue weighted by Crippen LogP contribution is -2.42. The first kappa shape index (κ1) is 28.2. The standard InChI is InChI=1S/C21H15N5O.C6H14N2.C2H4O/c1-22-20-12-15(10-11-23-20)4-7-18-13-24-21-9-8-19(25-26(18)21)17-5-2-16(14-27)3-6-17;1-7-3-5-8(2)6-4-7;1-2-3/h2-3,5-6,8-14H,1H3,(H,22,23);3-6H2,1-2H3;2H,1H3. The highest BCUT2D eigenvalue weighted by Gasteiger charge is 2.08. The molecule has 0 aliphatic carbocycles. The number of carbonyl (C=O) groups excluding carboxylic acids is 2. The number of carbonyl (C=O) groups is 2. The van der Waals surface area contributed by atoms with E-state index in [0.29, 0.717) is 11.3 Å². The number of piperazine rings is 1. The number of benzene rings is 1. The van der Waals surface area contributed by atoms with Crippen molar-refractivity contribution in [3.63, 3.8) is 0 Å². The molecule has 196 valence electrons. The van der Waals surface area contributed by atoms with Crippen LogP contribution in [0.3, 0.4) is 0 Å².